The third kappa shape index (κ3) is 4.46. The first kappa shape index (κ1) is 15.3. The summed E-state index contributed by atoms with van der Waals surface area (Å²) < 4.78 is 5.81. The Morgan fingerprint density at radius 3 is 2.95 bits per heavy atom. The topological polar surface area (TPSA) is 37.4 Å². The Morgan fingerprint density at radius 1 is 1.40 bits per heavy atom. The number of hydrogen-bond donors (Lipinski definition) is 1. The molecule has 1 aliphatic rings. The van der Waals surface area contributed by atoms with Gasteiger partial charge in [-0.05, 0) is 50.4 Å². The van der Waals surface area contributed by atoms with E-state index < -0.39 is 0 Å². The van der Waals surface area contributed by atoms with Crippen molar-refractivity contribution in [2.75, 3.05) is 31.6 Å². The molecule has 2 heterocycles. The first-order chi connectivity index (χ1) is 9.69. The molecule has 1 aliphatic heterocycles. The largest absolute Gasteiger partial charge is 0.376 e. The van der Waals surface area contributed by atoms with Gasteiger partial charge in [0.25, 0.3) is 0 Å². The zero-order valence-electron chi connectivity index (χ0n) is 13.0. The number of ether oxygens (including phenoxy) is 1. The van der Waals surface area contributed by atoms with Crippen LogP contribution < -0.4 is 10.2 Å². The molecule has 0 radical (unpaired) electrons. The van der Waals surface area contributed by atoms with Gasteiger partial charge >= 0.3 is 0 Å². The van der Waals surface area contributed by atoms with Crippen molar-refractivity contribution in [1.29, 1.82) is 0 Å². The summed E-state index contributed by atoms with van der Waals surface area (Å²) in [6, 6.07) is 4.33. The lowest BCUT2D eigenvalue weighted by Gasteiger charge is -2.28. The van der Waals surface area contributed by atoms with Crippen LogP contribution in [-0.2, 0) is 11.3 Å². The summed E-state index contributed by atoms with van der Waals surface area (Å²) in [5, 5.41) is 3.37. The molecule has 112 valence electrons. The normalized spacial score (nSPS) is 19.1. The molecule has 4 heteroatoms. The van der Waals surface area contributed by atoms with Crippen LogP contribution in [0.25, 0.3) is 0 Å². The molecule has 1 aromatic rings. The Hall–Kier alpha value is -1.13. The summed E-state index contributed by atoms with van der Waals surface area (Å²) in [5.41, 5.74) is 2.37. The molecule has 0 bridgehead atoms. The molecule has 1 unspecified atom stereocenters. The molecule has 2 rings (SSSR count). The summed E-state index contributed by atoms with van der Waals surface area (Å²) in [6.07, 6.45) is 4.01. The second-order valence-electron chi connectivity index (χ2n) is 5.62. The lowest BCUT2D eigenvalue weighted by molar-refractivity contribution is 0.0215. The third-order valence-electron chi connectivity index (χ3n) is 3.72. The van der Waals surface area contributed by atoms with Gasteiger partial charge < -0.3 is 15.0 Å². The van der Waals surface area contributed by atoms with Crippen molar-refractivity contribution in [2.24, 2.45) is 0 Å². The van der Waals surface area contributed by atoms with Crippen molar-refractivity contribution >= 4 is 5.82 Å². The smallest absolute Gasteiger partial charge is 0.128 e. The van der Waals surface area contributed by atoms with E-state index in [1.54, 1.807) is 0 Å². The monoisotopic (exact) mass is 277 g/mol. The minimum absolute atomic E-state index is 0.355. The maximum absolute atomic E-state index is 5.81. The van der Waals surface area contributed by atoms with E-state index in [0.29, 0.717) is 6.10 Å². The number of nitrogens with one attached hydrogen (secondary N) is 1. The van der Waals surface area contributed by atoms with Crippen molar-refractivity contribution < 1.29 is 4.74 Å². The van der Waals surface area contributed by atoms with Gasteiger partial charge in [0.2, 0.25) is 0 Å². The number of likely N-dealkylation sites (N-methyl/N-ethyl adjacent to an activating group) is 1. The van der Waals surface area contributed by atoms with Crippen LogP contribution in [0, 0.1) is 6.92 Å². The predicted octanol–water partition coefficient (Wildman–Crippen LogP) is 2.50. The van der Waals surface area contributed by atoms with Crippen LogP contribution in [0.2, 0.25) is 0 Å². The van der Waals surface area contributed by atoms with Crippen LogP contribution >= 0.6 is 0 Å². The molecular formula is C16H27N3O. The van der Waals surface area contributed by atoms with E-state index in [9.17, 15) is 0 Å². The summed E-state index contributed by atoms with van der Waals surface area (Å²) in [5.74, 6) is 1.05. The zero-order chi connectivity index (χ0) is 14.4. The molecule has 4 nitrogen and oxygen atoms in total. The van der Waals surface area contributed by atoms with Crippen molar-refractivity contribution in [1.82, 2.24) is 10.3 Å². The van der Waals surface area contributed by atoms with E-state index >= 15 is 0 Å². The van der Waals surface area contributed by atoms with Crippen LogP contribution in [0.3, 0.4) is 0 Å². The lowest BCUT2D eigenvalue weighted by Crippen LogP contribution is -2.33. The number of rotatable bonds is 6. The third-order valence-corrected chi connectivity index (χ3v) is 3.72. The molecule has 0 spiro atoms. The average Bonchev–Trinajstić information content (AvgIpc) is 2.45. The van der Waals surface area contributed by atoms with Gasteiger partial charge in [-0.1, -0.05) is 6.92 Å². The van der Waals surface area contributed by atoms with Gasteiger partial charge in [0, 0.05) is 32.4 Å². The number of hydrogen-bond acceptors (Lipinski definition) is 4. The molecule has 1 atom stereocenters. The molecule has 0 amide bonds. The maximum Gasteiger partial charge on any atom is 0.128 e. The standard InChI is InChI=1S/C16H27N3O/c1-4-17-11-14-9-13(2)18-16(10-14)19(3)12-15-7-5-6-8-20-15/h9-10,15,17H,4-8,11-12H2,1-3H3. The Balaban J connectivity index is 2.00. The van der Waals surface area contributed by atoms with E-state index in [1.807, 2.05) is 0 Å². The Kier molecular flexibility index (Phi) is 5.80. The fourth-order valence-corrected chi connectivity index (χ4v) is 2.64. The van der Waals surface area contributed by atoms with Crippen LogP contribution in [0.5, 0.6) is 0 Å². The highest BCUT2D eigenvalue weighted by atomic mass is 16.5. The number of anilines is 1. The summed E-state index contributed by atoms with van der Waals surface area (Å²) in [6.45, 7) is 7.91. The van der Waals surface area contributed by atoms with Gasteiger partial charge in [-0.3, -0.25) is 0 Å². The van der Waals surface area contributed by atoms with Gasteiger partial charge in [-0.15, -0.1) is 0 Å². The van der Waals surface area contributed by atoms with Gasteiger partial charge in [0.15, 0.2) is 0 Å². The molecule has 0 aromatic carbocycles. The average molecular weight is 277 g/mol. The molecule has 0 saturated carbocycles. The minimum Gasteiger partial charge on any atom is -0.376 e. The molecule has 0 aliphatic carbocycles. The first-order valence-electron chi connectivity index (χ1n) is 7.70. The van der Waals surface area contributed by atoms with Gasteiger partial charge in [0.1, 0.15) is 5.82 Å². The van der Waals surface area contributed by atoms with E-state index in [0.717, 1.165) is 37.8 Å². The van der Waals surface area contributed by atoms with Crippen LogP contribution in [0.4, 0.5) is 5.82 Å². The van der Waals surface area contributed by atoms with E-state index in [2.05, 4.69) is 48.2 Å². The number of pyridine rings is 1. The second-order valence-corrected chi connectivity index (χ2v) is 5.62. The predicted molar refractivity (Wildman–Crippen MR) is 83.2 cm³/mol. The minimum atomic E-state index is 0.355. The van der Waals surface area contributed by atoms with Crippen LogP contribution in [0.1, 0.15) is 37.4 Å². The van der Waals surface area contributed by atoms with Crippen LogP contribution in [0.15, 0.2) is 12.1 Å². The quantitative estimate of drug-likeness (QED) is 0.867. The number of aromatic nitrogens is 1. The SMILES string of the molecule is CCNCc1cc(C)nc(N(C)CC2CCCCO2)c1. The van der Waals surface area contributed by atoms with Crippen molar-refractivity contribution in [3.8, 4) is 0 Å². The first-order valence-corrected chi connectivity index (χ1v) is 7.70. The molecule has 1 aromatic heterocycles. The Bertz CT molecular complexity index is 416. The van der Waals surface area contributed by atoms with Crippen LogP contribution in [-0.4, -0.2) is 37.8 Å². The fraction of sp³-hybridized carbons (Fsp3) is 0.688. The summed E-state index contributed by atoms with van der Waals surface area (Å²) in [7, 11) is 2.11. The zero-order valence-corrected chi connectivity index (χ0v) is 13.0. The lowest BCUT2D eigenvalue weighted by atomic mass is 10.1. The van der Waals surface area contributed by atoms with Gasteiger partial charge in [-0.2, -0.15) is 0 Å². The van der Waals surface area contributed by atoms with E-state index in [1.165, 1.54) is 24.8 Å². The van der Waals surface area contributed by atoms with Crippen molar-refractivity contribution in [2.45, 2.75) is 45.8 Å². The summed E-state index contributed by atoms with van der Waals surface area (Å²) in [4.78, 5) is 6.87. The molecular weight excluding hydrogens is 250 g/mol. The summed E-state index contributed by atoms with van der Waals surface area (Å²) >= 11 is 0. The van der Waals surface area contributed by atoms with Gasteiger partial charge in [-0.25, -0.2) is 4.98 Å². The van der Waals surface area contributed by atoms with E-state index in [4.69, 9.17) is 4.74 Å². The van der Waals surface area contributed by atoms with E-state index in [-0.39, 0.29) is 0 Å². The molecule has 1 fully saturated rings. The second kappa shape index (κ2) is 7.60. The highest BCUT2D eigenvalue weighted by Gasteiger charge is 2.17. The Labute approximate surface area is 122 Å². The van der Waals surface area contributed by atoms with Gasteiger partial charge in [0.05, 0.1) is 6.10 Å². The highest BCUT2D eigenvalue weighted by Crippen LogP contribution is 2.18. The number of nitrogens with zero attached hydrogens (tertiary/aromatic N) is 2. The Morgan fingerprint density at radius 2 is 2.25 bits per heavy atom. The molecule has 1 N–H and O–H groups in total. The fourth-order valence-electron chi connectivity index (χ4n) is 2.64. The van der Waals surface area contributed by atoms with Crippen molar-refractivity contribution in [3.63, 3.8) is 0 Å². The molecule has 20 heavy (non-hydrogen) atoms. The molecule has 1 saturated heterocycles. The number of aryl methyl sites for hydroxylation is 1. The highest BCUT2D eigenvalue weighted by molar-refractivity contribution is 5.42. The maximum atomic E-state index is 5.81. The van der Waals surface area contributed by atoms with Crippen molar-refractivity contribution in [3.05, 3.63) is 23.4 Å².